The van der Waals surface area contributed by atoms with Crippen molar-refractivity contribution in [2.75, 3.05) is 13.1 Å². The van der Waals surface area contributed by atoms with Gasteiger partial charge in [0, 0.05) is 12.7 Å². The van der Waals surface area contributed by atoms with Crippen molar-refractivity contribution in [3.8, 4) is 0 Å². The molecule has 1 fully saturated rings. The maximum absolute atomic E-state index is 11.6. The fraction of sp³-hybridized carbons (Fsp3) is 0.556. The maximum Gasteiger partial charge on any atom is 0.267 e. The van der Waals surface area contributed by atoms with Gasteiger partial charge >= 0.3 is 0 Å². The van der Waals surface area contributed by atoms with Crippen LogP contribution >= 0.6 is 15.9 Å². The SMILES string of the molecule is O=c1c(Br)cncn1CC1CCNC1. The number of aromatic nitrogens is 2. The Morgan fingerprint density at radius 2 is 2.57 bits per heavy atom. The number of hydrogen-bond acceptors (Lipinski definition) is 3. The van der Waals surface area contributed by atoms with Gasteiger partial charge in [0.1, 0.15) is 4.47 Å². The van der Waals surface area contributed by atoms with Crippen molar-refractivity contribution in [2.24, 2.45) is 5.92 Å². The fourth-order valence-electron chi connectivity index (χ4n) is 1.70. The third-order valence-electron chi connectivity index (χ3n) is 2.48. The molecule has 76 valence electrons. The van der Waals surface area contributed by atoms with E-state index < -0.39 is 0 Å². The van der Waals surface area contributed by atoms with Crippen molar-refractivity contribution in [3.63, 3.8) is 0 Å². The summed E-state index contributed by atoms with van der Waals surface area (Å²) in [6.07, 6.45) is 4.27. The van der Waals surface area contributed by atoms with E-state index in [0.717, 1.165) is 26.1 Å². The third-order valence-corrected chi connectivity index (χ3v) is 3.02. The van der Waals surface area contributed by atoms with Crippen molar-refractivity contribution < 1.29 is 0 Å². The highest BCUT2D eigenvalue weighted by atomic mass is 79.9. The van der Waals surface area contributed by atoms with Gasteiger partial charge in [-0.1, -0.05) is 0 Å². The molecule has 14 heavy (non-hydrogen) atoms. The van der Waals surface area contributed by atoms with Crippen LogP contribution in [-0.2, 0) is 6.54 Å². The summed E-state index contributed by atoms with van der Waals surface area (Å²) in [6, 6.07) is 0. The van der Waals surface area contributed by atoms with E-state index in [9.17, 15) is 4.79 Å². The third kappa shape index (κ3) is 2.04. The summed E-state index contributed by atoms with van der Waals surface area (Å²) in [5.74, 6) is 0.559. The monoisotopic (exact) mass is 257 g/mol. The van der Waals surface area contributed by atoms with Gasteiger partial charge in [0.05, 0.1) is 6.33 Å². The Labute approximate surface area is 90.5 Å². The quantitative estimate of drug-likeness (QED) is 0.845. The van der Waals surface area contributed by atoms with Crippen LogP contribution < -0.4 is 10.9 Å². The van der Waals surface area contributed by atoms with Crippen molar-refractivity contribution in [1.29, 1.82) is 0 Å². The molecule has 1 atom stereocenters. The van der Waals surface area contributed by atoms with Crippen LogP contribution in [0, 0.1) is 5.92 Å². The summed E-state index contributed by atoms with van der Waals surface area (Å²) in [4.78, 5) is 15.6. The second-order valence-electron chi connectivity index (χ2n) is 3.56. The molecule has 0 saturated carbocycles. The molecule has 5 heteroatoms. The Morgan fingerprint density at radius 1 is 1.71 bits per heavy atom. The van der Waals surface area contributed by atoms with Crippen LogP contribution in [0.25, 0.3) is 0 Å². The minimum absolute atomic E-state index is 0.00639. The van der Waals surface area contributed by atoms with Crippen molar-refractivity contribution in [1.82, 2.24) is 14.9 Å². The predicted octanol–water partition coefficient (Wildman–Crippen LogP) is 0.615. The summed E-state index contributed by atoms with van der Waals surface area (Å²) in [5, 5.41) is 3.28. The molecule has 0 spiro atoms. The Bertz CT molecular complexity index is 371. The molecular formula is C9H12BrN3O. The lowest BCUT2D eigenvalue weighted by molar-refractivity contribution is 0.466. The molecule has 2 rings (SSSR count). The van der Waals surface area contributed by atoms with Gasteiger partial charge in [-0.05, 0) is 41.4 Å². The molecule has 0 amide bonds. The predicted molar refractivity (Wildman–Crippen MR) is 57.2 cm³/mol. The normalized spacial score (nSPS) is 21.4. The second kappa shape index (κ2) is 4.23. The van der Waals surface area contributed by atoms with Crippen molar-refractivity contribution in [3.05, 3.63) is 27.4 Å². The van der Waals surface area contributed by atoms with Gasteiger partial charge in [-0.3, -0.25) is 9.36 Å². The van der Waals surface area contributed by atoms with Crippen molar-refractivity contribution >= 4 is 15.9 Å². The lowest BCUT2D eigenvalue weighted by Crippen LogP contribution is -2.25. The largest absolute Gasteiger partial charge is 0.316 e. The molecule has 0 bridgehead atoms. The summed E-state index contributed by atoms with van der Waals surface area (Å²) < 4.78 is 2.20. The molecule has 1 aliphatic rings. The average Bonchev–Trinajstić information content (AvgIpc) is 2.66. The molecule has 4 nitrogen and oxygen atoms in total. The highest BCUT2D eigenvalue weighted by Crippen LogP contribution is 2.09. The summed E-state index contributed by atoms with van der Waals surface area (Å²) >= 11 is 3.18. The Balaban J connectivity index is 2.16. The van der Waals surface area contributed by atoms with Gasteiger partial charge in [0.15, 0.2) is 0 Å². The highest BCUT2D eigenvalue weighted by molar-refractivity contribution is 9.10. The van der Waals surface area contributed by atoms with Crippen LogP contribution in [0.4, 0.5) is 0 Å². The Kier molecular flexibility index (Phi) is 2.98. The lowest BCUT2D eigenvalue weighted by atomic mass is 10.1. The molecule has 1 aliphatic heterocycles. The van der Waals surface area contributed by atoms with Gasteiger partial charge in [-0.25, -0.2) is 4.98 Å². The molecule has 1 unspecified atom stereocenters. The Morgan fingerprint density at radius 3 is 3.29 bits per heavy atom. The van der Waals surface area contributed by atoms with Crippen LogP contribution in [0.1, 0.15) is 6.42 Å². The summed E-state index contributed by atoms with van der Waals surface area (Å²) in [5.41, 5.74) is 0.00639. The first-order valence-electron chi connectivity index (χ1n) is 4.68. The minimum Gasteiger partial charge on any atom is -0.316 e. The molecular weight excluding hydrogens is 246 g/mol. The fourth-order valence-corrected chi connectivity index (χ4v) is 2.05. The molecule has 1 N–H and O–H groups in total. The van der Waals surface area contributed by atoms with E-state index in [-0.39, 0.29) is 5.56 Å². The van der Waals surface area contributed by atoms with Gasteiger partial charge in [-0.2, -0.15) is 0 Å². The van der Waals surface area contributed by atoms with Gasteiger partial charge < -0.3 is 5.32 Å². The van der Waals surface area contributed by atoms with Crippen LogP contribution in [0.2, 0.25) is 0 Å². The second-order valence-corrected chi connectivity index (χ2v) is 4.41. The first kappa shape index (κ1) is 9.86. The first-order valence-corrected chi connectivity index (χ1v) is 5.47. The van der Waals surface area contributed by atoms with Crippen LogP contribution in [0.5, 0.6) is 0 Å². The van der Waals surface area contributed by atoms with E-state index in [0.29, 0.717) is 10.4 Å². The van der Waals surface area contributed by atoms with Gasteiger partial charge in [0.25, 0.3) is 5.56 Å². The molecule has 2 heterocycles. The zero-order chi connectivity index (χ0) is 9.97. The molecule has 1 aromatic heterocycles. The van der Waals surface area contributed by atoms with Crippen LogP contribution in [0.3, 0.4) is 0 Å². The summed E-state index contributed by atoms with van der Waals surface area (Å²) in [7, 11) is 0. The zero-order valence-electron chi connectivity index (χ0n) is 7.74. The van der Waals surface area contributed by atoms with Crippen LogP contribution in [0.15, 0.2) is 21.8 Å². The van der Waals surface area contributed by atoms with E-state index in [1.165, 1.54) is 6.20 Å². The number of hydrogen-bond donors (Lipinski definition) is 1. The van der Waals surface area contributed by atoms with Gasteiger partial charge in [-0.15, -0.1) is 0 Å². The topological polar surface area (TPSA) is 46.9 Å². The maximum atomic E-state index is 11.6. The van der Waals surface area contributed by atoms with Crippen molar-refractivity contribution in [2.45, 2.75) is 13.0 Å². The Hall–Kier alpha value is -0.680. The smallest absolute Gasteiger partial charge is 0.267 e. The average molecular weight is 258 g/mol. The number of rotatable bonds is 2. The first-order chi connectivity index (χ1) is 6.77. The van der Waals surface area contributed by atoms with E-state index in [1.807, 2.05) is 0 Å². The molecule has 1 aromatic rings. The number of halogens is 1. The molecule has 0 radical (unpaired) electrons. The standard InChI is InChI=1S/C9H12BrN3O/c10-8-4-12-6-13(9(8)14)5-7-1-2-11-3-7/h4,6-7,11H,1-3,5H2. The molecule has 0 aliphatic carbocycles. The van der Waals surface area contributed by atoms with Crippen LogP contribution in [-0.4, -0.2) is 22.6 Å². The molecule has 1 saturated heterocycles. The van der Waals surface area contributed by atoms with E-state index in [1.54, 1.807) is 10.9 Å². The highest BCUT2D eigenvalue weighted by Gasteiger charge is 2.15. The number of nitrogens with one attached hydrogen (secondary N) is 1. The minimum atomic E-state index is 0.00639. The zero-order valence-corrected chi connectivity index (χ0v) is 9.33. The summed E-state index contributed by atoms with van der Waals surface area (Å²) in [6.45, 7) is 2.82. The number of nitrogens with zero attached hydrogens (tertiary/aromatic N) is 2. The van der Waals surface area contributed by atoms with E-state index >= 15 is 0 Å². The van der Waals surface area contributed by atoms with E-state index in [2.05, 4.69) is 26.2 Å². The lowest BCUT2D eigenvalue weighted by Gasteiger charge is -2.10. The van der Waals surface area contributed by atoms with E-state index in [4.69, 9.17) is 0 Å². The molecule has 0 aromatic carbocycles. The van der Waals surface area contributed by atoms with Gasteiger partial charge in [0.2, 0.25) is 0 Å².